The van der Waals surface area contributed by atoms with Crippen LogP contribution in [0.2, 0.25) is 0 Å². The van der Waals surface area contributed by atoms with Crippen LogP contribution in [0.15, 0.2) is 30.5 Å². The number of alkyl halides is 3. The lowest BCUT2D eigenvalue weighted by molar-refractivity contribution is -0.274. The van der Waals surface area contributed by atoms with Gasteiger partial charge in [0.2, 0.25) is 11.9 Å². The standard InChI is InChI=1S/C17H15F3N4O4/c18-17(19,20)28-11-4-3-10(13(25)7-11)8-22-15(27)12-5-6-21-16(23-12)24-14(26)9-1-2-9/h3-7,9,25H,1-2,8H2,(H,22,27)(H,21,23,24,26). The molecule has 2 amide bonds. The third kappa shape index (κ3) is 5.32. The molecule has 1 aromatic heterocycles. The zero-order valence-corrected chi connectivity index (χ0v) is 14.3. The maximum atomic E-state index is 12.2. The van der Waals surface area contributed by atoms with Crippen LogP contribution in [0.25, 0.3) is 0 Å². The molecule has 0 aliphatic heterocycles. The Labute approximate surface area is 156 Å². The molecule has 1 aliphatic rings. The first-order valence-electron chi connectivity index (χ1n) is 8.21. The Kier molecular flexibility index (Phi) is 5.34. The lowest BCUT2D eigenvalue weighted by Crippen LogP contribution is -2.25. The van der Waals surface area contributed by atoms with Gasteiger partial charge in [-0.05, 0) is 31.0 Å². The third-order valence-corrected chi connectivity index (χ3v) is 3.80. The number of ether oxygens (including phenoxy) is 1. The zero-order chi connectivity index (χ0) is 20.3. The molecule has 8 nitrogen and oxygen atoms in total. The normalized spacial score (nSPS) is 13.7. The van der Waals surface area contributed by atoms with Crippen molar-refractivity contribution in [2.45, 2.75) is 25.7 Å². The molecule has 3 rings (SSSR count). The predicted molar refractivity (Wildman–Crippen MR) is 89.3 cm³/mol. The number of phenolic OH excluding ortho intramolecular Hbond substituents is 1. The fourth-order valence-electron chi connectivity index (χ4n) is 2.26. The second kappa shape index (κ2) is 7.71. The fourth-order valence-corrected chi connectivity index (χ4v) is 2.26. The van der Waals surface area contributed by atoms with Crippen molar-refractivity contribution >= 4 is 17.8 Å². The molecule has 0 atom stereocenters. The van der Waals surface area contributed by atoms with Crippen molar-refractivity contribution in [3.8, 4) is 11.5 Å². The van der Waals surface area contributed by atoms with Gasteiger partial charge >= 0.3 is 6.36 Å². The summed E-state index contributed by atoms with van der Waals surface area (Å²) in [4.78, 5) is 31.7. The van der Waals surface area contributed by atoms with E-state index in [0.717, 1.165) is 25.0 Å². The molecule has 1 aliphatic carbocycles. The molecule has 0 unspecified atom stereocenters. The lowest BCUT2D eigenvalue weighted by atomic mass is 10.2. The number of phenols is 1. The Balaban J connectivity index is 1.60. The Morgan fingerprint density at radius 1 is 1.25 bits per heavy atom. The first-order chi connectivity index (χ1) is 13.2. The number of hydrogen-bond acceptors (Lipinski definition) is 6. The summed E-state index contributed by atoms with van der Waals surface area (Å²) in [5.41, 5.74) is 0.164. The van der Waals surface area contributed by atoms with Crippen LogP contribution in [-0.2, 0) is 11.3 Å². The highest BCUT2D eigenvalue weighted by Crippen LogP contribution is 2.30. The number of benzene rings is 1. The molecule has 2 aromatic rings. The van der Waals surface area contributed by atoms with Gasteiger partial charge in [-0.25, -0.2) is 9.97 Å². The number of aromatic nitrogens is 2. The summed E-state index contributed by atoms with van der Waals surface area (Å²) in [6.07, 6.45) is -1.95. The molecule has 0 spiro atoms. The van der Waals surface area contributed by atoms with Crippen molar-refractivity contribution in [2.75, 3.05) is 5.32 Å². The minimum atomic E-state index is -4.87. The predicted octanol–water partition coefficient (Wildman–Crippen LogP) is 2.36. The second-order valence-corrected chi connectivity index (χ2v) is 6.05. The summed E-state index contributed by atoms with van der Waals surface area (Å²) in [6.45, 7) is -0.162. The number of hydrogen-bond donors (Lipinski definition) is 3. The first-order valence-corrected chi connectivity index (χ1v) is 8.21. The highest BCUT2D eigenvalue weighted by Gasteiger charge is 2.31. The van der Waals surface area contributed by atoms with Crippen LogP contribution in [0, 0.1) is 5.92 Å². The van der Waals surface area contributed by atoms with E-state index in [1.807, 2.05) is 0 Å². The average Bonchev–Trinajstić information content (AvgIpc) is 3.45. The number of aromatic hydroxyl groups is 1. The Bertz CT molecular complexity index is 900. The molecule has 1 aromatic carbocycles. The van der Waals surface area contributed by atoms with Crippen molar-refractivity contribution < 1.29 is 32.6 Å². The van der Waals surface area contributed by atoms with Gasteiger partial charge in [0.25, 0.3) is 5.91 Å². The number of rotatable bonds is 6. The SMILES string of the molecule is O=C(NCc1ccc(OC(F)(F)F)cc1O)c1ccnc(NC(=O)C2CC2)n1. The Morgan fingerprint density at radius 3 is 2.64 bits per heavy atom. The van der Waals surface area contributed by atoms with Gasteiger partial charge in [0, 0.05) is 30.3 Å². The molecule has 28 heavy (non-hydrogen) atoms. The van der Waals surface area contributed by atoms with Gasteiger partial charge in [0.1, 0.15) is 17.2 Å². The van der Waals surface area contributed by atoms with Gasteiger partial charge in [-0.2, -0.15) is 0 Å². The number of halogens is 3. The lowest BCUT2D eigenvalue weighted by Gasteiger charge is -2.11. The quantitative estimate of drug-likeness (QED) is 0.691. The maximum Gasteiger partial charge on any atom is 0.573 e. The Morgan fingerprint density at radius 2 is 2.00 bits per heavy atom. The van der Waals surface area contributed by atoms with Crippen LogP contribution in [0.4, 0.5) is 19.1 Å². The summed E-state index contributed by atoms with van der Waals surface area (Å²) >= 11 is 0. The minimum absolute atomic E-state index is 0.000972. The van der Waals surface area contributed by atoms with Gasteiger partial charge in [-0.3, -0.25) is 14.9 Å². The van der Waals surface area contributed by atoms with Crippen molar-refractivity contribution in [3.05, 3.63) is 41.7 Å². The average molecular weight is 396 g/mol. The van der Waals surface area contributed by atoms with Gasteiger partial charge < -0.3 is 15.2 Å². The highest BCUT2D eigenvalue weighted by molar-refractivity contribution is 5.94. The number of nitrogens with one attached hydrogen (secondary N) is 2. The van der Waals surface area contributed by atoms with Crippen LogP contribution in [0.1, 0.15) is 28.9 Å². The van der Waals surface area contributed by atoms with Crippen molar-refractivity contribution in [1.82, 2.24) is 15.3 Å². The molecular formula is C17H15F3N4O4. The number of carbonyl (C=O) groups is 2. The van der Waals surface area contributed by atoms with E-state index in [0.29, 0.717) is 0 Å². The van der Waals surface area contributed by atoms with Gasteiger partial charge in [-0.1, -0.05) is 0 Å². The van der Waals surface area contributed by atoms with E-state index in [9.17, 15) is 27.9 Å². The molecule has 1 fully saturated rings. The van der Waals surface area contributed by atoms with Crippen molar-refractivity contribution in [3.63, 3.8) is 0 Å². The number of carbonyl (C=O) groups excluding carboxylic acids is 2. The maximum absolute atomic E-state index is 12.2. The van der Waals surface area contributed by atoms with E-state index in [4.69, 9.17) is 0 Å². The summed E-state index contributed by atoms with van der Waals surface area (Å²) in [5, 5.41) is 14.8. The third-order valence-electron chi connectivity index (χ3n) is 3.80. The first kappa shape index (κ1) is 19.4. The number of nitrogens with zero attached hydrogens (tertiary/aromatic N) is 2. The summed E-state index contributed by atoms with van der Waals surface area (Å²) in [5.74, 6) is -1.91. The molecule has 1 saturated carbocycles. The molecular weight excluding hydrogens is 381 g/mol. The second-order valence-electron chi connectivity index (χ2n) is 6.05. The topological polar surface area (TPSA) is 113 Å². The van der Waals surface area contributed by atoms with E-state index >= 15 is 0 Å². The van der Waals surface area contributed by atoms with Crippen LogP contribution < -0.4 is 15.4 Å². The molecule has 148 valence electrons. The van der Waals surface area contributed by atoms with Crippen LogP contribution in [0.5, 0.6) is 11.5 Å². The van der Waals surface area contributed by atoms with Gasteiger partial charge in [0.15, 0.2) is 0 Å². The van der Waals surface area contributed by atoms with E-state index in [1.165, 1.54) is 18.3 Å². The van der Waals surface area contributed by atoms with E-state index in [-0.39, 0.29) is 35.6 Å². The summed E-state index contributed by atoms with van der Waals surface area (Å²) in [6, 6.07) is 4.34. The molecule has 0 saturated heterocycles. The molecule has 3 N–H and O–H groups in total. The molecule has 0 bridgehead atoms. The summed E-state index contributed by atoms with van der Waals surface area (Å²) < 4.78 is 40.2. The fraction of sp³-hybridized carbons (Fsp3) is 0.294. The zero-order valence-electron chi connectivity index (χ0n) is 14.3. The summed E-state index contributed by atoms with van der Waals surface area (Å²) in [7, 11) is 0. The largest absolute Gasteiger partial charge is 0.573 e. The monoisotopic (exact) mass is 396 g/mol. The number of amides is 2. The molecule has 0 radical (unpaired) electrons. The van der Waals surface area contributed by atoms with Crippen LogP contribution in [0.3, 0.4) is 0 Å². The van der Waals surface area contributed by atoms with E-state index in [2.05, 4.69) is 25.3 Å². The highest BCUT2D eigenvalue weighted by atomic mass is 19.4. The minimum Gasteiger partial charge on any atom is -0.507 e. The Hall–Kier alpha value is -3.37. The van der Waals surface area contributed by atoms with E-state index in [1.54, 1.807) is 0 Å². The molecule has 11 heteroatoms. The van der Waals surface area contributed by atoms with Gasteiger partial charge in [0.05, 0.1) is 0 Å². The van der Waals surface area contributed by atoms with Crippen molar-refractivity contribution in [1.29, 1.82) is 0 Å². The molecule has 1 heterocycles. The smallest absolute Gasteiger partial charge is 0.507 e. The van der Waals surface area contributed by atoms with Crippen LogP contribution in [-0.4, -0.2) is 33.3 Å². The van der Waals surface area contributed by atoms with Gasteiger partial charge in [-0.15, -0.1) is 13.2 Å². The van der Waals surface area contributed by atoms with Crippen LogP contribution >= 0.6 is 0 Å². The number of anilines is 1. The van der Waals surface area contributed by atoms with Crippen molar-refractivity contribution in [2.24, 2.45) is 5.92 Å². The van der Waals surface area contributed by atoms with E-state index < -0.39 is 23.8 Å².